The first-order chi connectivity index (χ1) is 10.0. The molecule has 0 spiro atoms. The first-order valence-electron chi connectivity index (χ1n) is 6.46. The second-order valence-corrected chi connectivity index (χ2v) is 4.70. The zero-order chi connectivity index (χ0) is 15.4. The number of hydrogen-bond acceptors (Lipinski definition) is 5. The summed E-state index contributed by atoms with van der Waals surface area (Å²) in [6.45, 7) is 0.717. The fourth-order valence-electron chi connectivity index (χ4n) is 2.00. The lowest BCUT2D eigenvalue weighted by Gasteiger charge is -2.11. The van der Waals surface area contributed by atoms with E-state index < -0.39 is 0 Å². The maximum Gasteiger partial charge on any atom is 0.410 e. The van der Waals surface area contributed by atoms with Crippen molar-refractivity contribution in [3.8, 4) is 11.5 Å². The zero-order valence-electron chi connectivity index (χ0n) is 12.2. The largest absolute Gasteiger partial charge is 0.497 e. The summed E-state index contributed by atoms with van der Waals surface area (Å²) in [5, 5.41) is 2.73. The molecular formula is C14H18N2O5. The first kappa shape index (κ1) is 15.0. The van der Waals surface area contributed by atoms with Crippen LogP contribution in [0, 0.1) is 0 Å². The molecule has 0 saturated carbocycles. The second kappa shape index (κ2) is 6.34. The predicted molar refractivity (Wildman–Crippen MR) is 74.8 cm³/mol. The van der Waals surface area contributed by atoms with E-state index in [0.29, 0.717) is 23.6 Å². The number of nitrogens with zero attached hydrogens (tertiary/aromatic N) is 1. The van der Waals surface area contributed by atoms with Crippen LogP contribution in [0.1, 0.15) is 10.4 Å². The Hall–Kier alpha value is -2.44. The highest BCUT2D eigenvalue weighted by atomic mass is 16.6. The molecule has 1 aromatic rings. The normalized spacial score (nSPS) is 17.4. The van der Waals surface area contributed by atoms with Gasteiger partial charge in [-0.25, -0.2) is 4.79 Å². The molecule has 114 valence electrons. The van der Waals surface area contributed by atoms with E-state index in [4.69, 9.17) is 14.2 Å². The lowest BCUT2D eigenvalue weighted by Crippen LogP contribution is -2.34. The van der Waals surface area contributed by atoms with Crippen molar-refractivity contribution < 1.29 is 23.8 Å². The SMILES string of the molecule is COc1cc(OC)cc(C(=O)NCC2CN(C)C(=O)O2)c1. The van der Waals surface area contributed by atoms with Gasteiger partial charge in [-0.3, -0.25) is 4.79 Å². The van der Waals surface area contributed by atoms with Gasteiger partial charge in [0.1, 0.15) is 17.6 Å². The standard InChI is InChI=1S/C14H18N2O5/c1-16-8-12(21-14(16)18)7-15-13(17)9-4-10(19-2)6-11(5-9)20-3/h4-6,12H,7-8H2,1-3H3,(H,15,17). The Morgan fingerprint density at radius 1 is 1.33 bits per heavy atom. The number of likely N-dealkylation sites (N-methyl/N-ethyl adjacent to an activating group) is 1. The smallest absolute Gasteiger partial charge is 0.410 e. The molecule has 7 nitrogen and oxygen atoms in total. The third-order valence-electron chi connectivity index (χ3n) is 3.16. The van der Waals surface area contributed by atoms with Crippen LogP contribution in [0.25, 0.3) is 0 Å². The Bertz CT molecular complexity index is 524. The summed E-state index contributed by atoms with van der Waals surface area (Å²) in [4.78, 5) is 24.8. The van der Waals surface area contributed by atoms with Crippen LogP contribution >= 0.6 is 0 Å². The average Bonchev–Trinajstić information content (AvgIpc) is 2.82. The summed E-state index contributed by atoms with van der Waals surface area (Å²) in [6.07, 6.45) is -0.712. The summed E-state index contributed by atoms with van der Waals surface area (Å²) in [5.74, 6) is 0.788. The average molecular weight is 294 g/mol. The monoisotopic (exact) mass is 294 g/mol. The molecule has 1 N–H and O–H groups in total. The number of methoxy groups -OCH3 is 2. The topological polar surface area (TPSA) is 77.1 Å². The van der Waals surface area contributed by atoms with Crippen LogP contribution in [0.15, 0.2) is 18.2 Å². The fourth-order valence-corrected chi connectivity index (χ4v) is 2.00. The van der Waals surface area contributed by atoms with Crippen molar-refractivity contribution in [3.05, 3.63) is 23.8 Å². The second-order valence-electron chi connectivity index (χ2n) is 4.70. The number of amides is 2. The summed E-state index contributed by atoms with van der Waals surface area (Å²) >= 11 is 0. The van der Waals surface area contributed by atoms with Crippen LogP contribution in [0.5, 0.6) is 11.5 Å². The summed E-state index contributed by atoms with van der Waals surface area (Å²) < 4.78 is 15.3. The van der Waals surface area contributed by atoms with Crippen molar-refractivity contribution in [2.24, 2.45) is 0 Å². The van der Waals surface area contributed by atoms with Crippen molar-refractivity contribution in [2.75, 3.05) is 34.4 Å². The Labute approximate surface area is 122 Å². The van der Waals surface area contributed by atoms with Crippen LogP contribution in [0.3, 0.4) is 0 Å². The Balaban J connectivity index is 1.98. The number of rotatable bonds is 5. The highest BCUT2D eigenvalue weighted by molar-refractivity contribution is 5.95. The summed E-state index contributed by atoms with van der Waals surface area (Å²) in [5.41, 5.74) is 0.420. The van der Waals surface area contributed by atoms with Gasteiger partial charge in [0.2, 0.25) is 0 Å². The molecule has 1 unspecified atom stereocenters. The van der Waals surface area contributed by atoms with Gasteiger partial charge in [0.15, 0.2) is 0 Å². The summed E-state index contributed by atoms with van der Waals surface area (Å²) in [7, 11) is 4.69. The molecule has 1 atom stereocenters. The molecule has 0 aliphatic carbocycles. The number of ether oxygens (including phenoxy) is 3. The Morgan fingerprint density at radius 2 is 1.95 bits per heavy atom. The maximum atomic E-state index is 12.1. The number of benzene rings is 1. The van der Waals surface area contributed by atoms with Crippen LogP contribution in [-0.2, 0) is 4.74 Å². The van der Waals surface area contributed by atoms with Gasteiger partial charge >= 0.3 is 6.09 Å². The van der Waals surface area contributed by atoms with E-state index in [0.717, 1.165) is 0 Å². The van der Waals surface area contributed by atoms with Crippen LogP contribution in [0.2, 0.25) is 0 Å². The van der Waals surface area contributed by atoms with Gasteiger partial charge in [0.05, 0.1) is 27.3 Å². The van der Waals surface area contributed by atoms with Gasteiger partial charge < -0.3 is 24.4 Å². The molecule has 2 rings (SSSR count). The molecule has 1 saturated heterocycles. The molecule has 0 bridgehead atoms. The number of carbonyl (C=O) groups excluding carboxylic acids is 2. The van der Waals surface area contributed by atoms with Crippen molar-refractivity contribution in [1.82, 2.24) is 10.2 Å². The van der Waals surface area contributed by atoms with E-state index >= 15 is 0 Å². The molecule has 7 heteroatoms. The molecule has 1 aliphatic rings. The minimum absolute atomic E-state index is 0.258. The Morgan fingerprint density at radius 3 is 2.43 bits per heavy atom. The molecule has 0 aromatic heterocycles. The third-order valence-corrected chi connectivity index (χ3v) is 3.16. The van der Waals surface area contributed by atoms with Gasteiger partial charge in [-0.05, 0) is 12.1 Å². The first-order valence-corrected chi connectivity index (χ1v) is 6.46. The van der Waals surface area contributed by atoms with E-state index in [1.165, 1.54) is 19.1 Å². The molecule has 1 heterocycles. The van der Waals surface area contributed by atoms with Crippen LogP contribution < -0.4 is 14.8 Å². The molecule has 21 heavy (non-hydrogen) atoms. The molecular weight excluding hydrogens is 276 g/mol. The molecule has 2 amide bonds. The highest BCUT2D eigenvalue weighted by Crippen LogP contribution is 2.22. The van der Waals surface area contributed by atoms with E-state index in [1.807, 2.05) is 0 Å². The van der Waals surface area contributed by atoms with Gasteiger partial charge in [-0.2, -0.15) is 0 Å². The van der Waals surface area contributed by atoms with E-state index in [-0.39, 0.29) is 24.6 Å². The van der Waals surface area contributed by atoms with E-state index in [1.54, 1.807) is 25.2 Å². The fraction of sp³-hybridized carbons (Fsp3) is 0.429. The van der Waals surface area contributed by atoms with Gasteiger partial charge in [0.25, 0.3) is 5.91 Å². The van der Waals surface area contributed by atoms with Crippen molar-refractivity contribution in [3.63, 3.8) is 0 Å². The highest BCUT2D eigenvalue weighted by Gasteiger charge is 2.28. The zero-order valence-corrected chi connectivity index (χ0v) is 12.2. The minimum atomic E-state index is -0.378. The van der Waals surface area contributed by atoms with Crippen LogP contribution in [-0.4, -0.2) is 57.4 Å². The quantitative estimate of drug-likeness (QED) is 0.872. The molecule has 1 fully saturated rings. The number of hydrogen-bond donors (Lipinski definition) is 1. The lowest BCUT2D eigenvalue weighted by atomic mass is 10.2. The van der Waals surface area contributed by atoms with Crippen molar-refractivity contribution >= 4 is 12.0 Å². The van der Waals surface area contributed by atoms with Gasteiger partial charge in [-0.15, -0.1) is 0 Å². The van der Waals surface area contributed by atoms with Gasteiger partial charge in [0, 0.05) is 18.7 Å². The molecule has 0 radical (unpaired) electrons. The minimum Gasteiger partial charge on any atom is -0.497 e. The van der Waals surface area contributed by atoms with Gasteiger partial charge in [-0.1, -0.05) is 0 Å². The number of carbonyl (C=O) groups is 2. The maximum absolute atomic E-state index is 12.1. The lowest BCUT2D eigenvalue weighted by molar-refractivity contribution is 0.0914. The van der Waals surface area contributed by atoms with Crippen molar-refractivity contribution in [1.29, 1.82) is 0 Å². The number of cyclic esters (lactones) is 1. The Kier molecular flexibility index (Phi) is 4.52. The van der Waals surface area contributed by atoms with E-state index in [2.05, 4.69) is 5.32 Å². The predicted octanol–water partition coefficient (Wildman–Crippen LogP) is 0.884. The molecule has 1 aliphatic heterocycles. The molecule has 1 aromatic carbocycles. The van der Waals surface area contributed by atoms with Crippen molar-refractivity contribution in [2.45, 2.75) is 6.10 Å². The summed E-state index contributed by atoms with van der Waals surface area (Å²) in [6, 6.07) is 4.92. The van der Waals surface area contributed by atoms with Crippen LogP contribution in [0.4, 0.5) is 4.79 Å². The third kappa shape index (κ3) is 3.56. The van der Waals surface area contributed by atoms with E-state index in [9.17, 15) is 9.59 Å². The number of nitrogens with one attached hydrogen (secondary N) is 1.